The topological polar surface area (TPSA) is 43.4 Å². The fourth-order valence-corrected chi connectivity index (χ4v) is 7.98. The summed E-state index contributed by atoms with van der Waals surface area (Å²) in [5.74, 6) is 0.861. The molecule has 0 radical (unpaired) electrons. The van der Waals surface area contributed by atoms with Gasteiger partial charge in [0.15, 0.2) is 0 Å². The molecule has 0 saturated carbocycles. The monoisotopic (exact) mass is 729 g/mol. The molecule has 44 heavy (non-hydrogen) atoms. The van der Waals surface area contributed by atoms with E-state index >= 15 is 0 Å². The summed E-state index contributed by atoms with van der Waals surface area (Å²) in [6.07, 6.45) is 0.141. The predicted octanol–water partition coefficient (Wildman–Crippen LogP) is 7.35. The first-order valence-electron chi connectivity index (χ1n) is 15.3. The molecule has 3 N–H and O–H groups in total. The smallest absolute Gasteiger partial charge is 0.0939 e. The second-order valence-corrected chi connectivity index (χ2v) is 19.1. The Balaban J connectivity index is 0.000000251. The van der Waals surface area contributed by atoms with Crippen LogP contribution in [0.4, 0.5) is 11.4 Å². The zero-order valence-corrected chi connectivity index (χ0v) is 31.8. The van der Waals surface area contributed by atoms with E-state index in [2.05, 4.69) is 121 Å². The van der Waals surface area contributed by atoms with Crippen molar-refractivity contribution in [2.24, 2.45) is 0 Å². The van der Waals surface area contributed by atoms with Gasteiger partial charge >= 0.3 is 129 Å². The van der Waals surface area contributed by atoms with Crippen LogP contribution < -0.4 is 20.3 Å². The minimum Gasteiger partial charge on any atom is -0.501 e. The summed E-state index contributed by atoms with van der Waals surface area (Å²) in [5.41, 5.74) is 17.2. The second-order valence-electron chi connectivity index (χ2n) is 13.4. The molecule has 8 heteroatoms. The van der Waals surface area contributed by atoms with E-state index in [4.69, 9.17) is 24.1 Å². The summed E-state index contributed by atoms with van der Waals surface area (Å²) in [7, 11) is 18.5. The summed E-state index contributed by atoms with van der Waals surface area (Å²) >= 11 is -1.85. The number of hydrogen-bond donors (Lipinski definition) is 1. The van der Waals surface area contributed by atoms with Crippen LogP contribution in [-0.4, -0.2) is 55.5 Å². The number of anilines is 2. The van der Waals surface area contributed by atoms with E-state index in [-0.39, 0.29) is 6.10 Å². The SMILES string of the molecule is CC(C)Oc1ccc(C[N+](C)(C)C)cc1[CH]=[Ru]([Cl])[Cl].Cc1cc(C)c(N2[CH-]N(c3c(C)cc(C)cc3C)C(C[NH3+])C2)c(C)c1. The summed E-state index contributed by atoms with van der Waals surface area (Å²) in [5, 5.41) is 0. The number of hydrogen-bond acceptors (Lipinski definition) is 3. The molecule has 0 bridgehead atoms. The van der Waals surface area contributed by atoms with Gasteiger partial charge in [0.25, 0.3) is 0 Å². The van der Waals surface area contributed by atoms with Crippen molar-refractivity contribution in [1.82, 2.24) is 0 Å². The van der Waals surface area contributed by atoms with Crippen molar-refractivity contribution in [3.05, 3.63) is 93.6 Å². The summed E-state index contributed by atoms with van der Waals surface area (Å²) in [6.45, 7) is 22.4. The molecule has 1 heterocycles. The van der Waals surface area contributed by atoms with Crippen LogP contribution in [0.3, 0.4) is 0 Å². The van der Waals surface area contributed by atoms with Crippen LogP contribution in [0.2, 0.25) is 0 Å². The molecule has 1 unspecified atom stereocenters. The van der Waals surface area contributed by atoms with Gasteiger partial charge in [-0.2, -0.15) is 6.67 Å². The molecular weight excluding hydrogens is 676 g/mol. The molecule has 244 valence electrons. The van der Waals surface area contributed by atoms with Crippen LogP contribution in [0.15, 0.2) is 42.5 Å². The van der Waals surface area contributed by atoms with Crippen molar-refractivity contribution in [2.45, 2.75) is 74.1 Å². The largest absolute Gasteiger partial charge is 0.501 e. The molecule has 1 fully saturated rings. The molecule has 0 aromatic heterocycles. The minimum absolute atomic E-state index is 0.141. The van der Waals surface area contributed by atoms with E-state index in [1.54, 1.807) is 0 Å². The maximum Gasteiger partial charge on any atom is 0.0939 e. The van der Waals surface area contributed by atoms with Crippen LogP contribution in [0.25, 0.3) is 0 Å². The first kappa shape index (κ1) is 36.5. The number of halogens is 2. The number of benzene rings is 3. The quantitative estimate of drug-likeness (QED) is 0.150. The van der Waals surface area contributed by atoms with Gasteiger partial charge < -0.3 is 15.5 Å². The molecule has 3 aromatic carbocycles. The fourth-order valence-electron chi connectivity index (χ4n) is 6.20. The zero-order chi connectivity index (χ0) is 32.9. The van der Waals surface area contributed by atoms with E-state index in [0.29, 0.717) is 6.04 Å². The van der Waals surface area contributed by atoms with Gasteiger partial charge in [0, 0.05) is 17.9 Å². The van der Waals surface area contributed by atoms with Crippen molar-refractivity contribution in [3.8, 4) is 5.75 Å². The number of quaternary nitrogens is 2. The first-order chi connectivity index (χ1) is 20.5. The molecule has 1 aliphatic heterocycles. The number of aryl methyl sites for hydroxylation is 6. The normalized spacial score (nSPS) is 15.3. The molecule has 1 saturated heterocycles. The molecule has 3 aromatic rings. The number of ether oxygens (including phenoxy) is 1. The van der Waals surface area contributed by atoms with Gasteiger partial charge in [0.2, 0.25) is 0 Å². The third-order valence-corrected chi connectivity index (χ3v) is 9.33. The molecule has 0 spiro atoms. The molecule has 5 nitrogen and oxygen atoms in total. The van der Waals surface area contributed by atoms with Gasteiger partial charge in [-0.15, -0.1) is 0 Å². The summed E-state index contributed by atoms with van der Waals surface area (Å²) < 4.78 is 8.63. The third-order valence-electron chi connectivity index (χ3n) is 7.49. The van der Waals surface area contributed by atoms with Gasteiger partial charge in [-0.3, -0.25) is 0 Å². The minimum atomic E-state index is -1.85. The van der Waals surface area contributed by atoms with Crippen LogP contribution >= 0.6 is 19.4 Å². The van der Waals surface area contributed by atoms with Crippen molar-refractivity contribution in [2.75, 3.05) is 44.0 Å². The van der Waals surface area contributed by atoms with Gasteiger partial charge in [0.1, 0.15) is 0 Å². The van der Waals surface area contributed by atoms with Crippen molar-refractivity contribution in [3.63, 3.8) is 0 Å². The van der Waals surface area contributed by atoms with Crippen LogP contribution in [0.1, 0.15) is 58.4 Å². The Bertz CT molecular complexity index is 1430. The Kier molecular flexibility index (Phi) is 12.9. The molecule has 0 aliphatic carbocycles. The van der Waals surface area contributed by atoms with Gasteiger partial charge in [-0.25, -0.2) is 0 Å². The molecule has 1 atom stereocenters. The van der Waals surface area contributed by atoms with E-state index < -0.39 is 13.5 Å². The summed E-state index contributed by atoms with van der Waals surface area (Å²) in [6, 6.07) is 15.8. The van der Waals surface area contributed by atoms with E-state index in [1.165, 1.54) is 50.3 Å². The van der Waals surface area contributed by atoms with Crippen LogP contribution in [0, 0.1) is 48.2 Å². The van der Waals surface area contributed by atoms with E-state index in [0.717, 1.165) is 35.4 Å². The predicted molar refractivity (Wildman–Crippen MR) is 188 cm³/mol. The van der Waals surface area contributed by atoms with Gasteiger partial charge in [0.05, 0.1) is 12.6 Å². The van der Waals surface area contributed by atoms with Crippen molar-refractivity contribution in [1.29, 1.82) is 0 Å². The van der Waals surface area contributed by atoms with Crippen LogP contribution in [-0.2, 0) is 20.1 Å². The Morgan fingerprint density at radius 2 is 1.43 bits per heavy atom. The average molecular weight is 730 g/mol. The molecule has 0 amide bonds. The average Bonchev–Trinajstić information content (AvgIpc) is 3.26. The molecule has 4 rings (SSSR count). The maximum atomic E-state index is 6.00. The van der Waals surface area contributed by atoms with Crippen molar-refractivity contribution >= 4 is 35.4 Å². The Morgan fingerprint density at radius 1 is 0.909 bits per heavy atom. The van der Waals surface area contributed by atoms with E-state index in [1.807, 2.05) is 24.5 Å². The van der Waals surface area contributed by atoms with Crippen LogP contribution in [0.5, 0.6) is 5.75 Å². The fraction of sp³-hybridized carbons (Fsp3) is 0.444. The standard InChI is InChI=1S/C22H30N3.C14H22NO.2ClH.Ru/c1-14-7-16(3)21(17(4)8-14)24-12-20(11-23)25(13-24)22-18(5)9-15(2)10-19(22)6;1-11(2)16-14-8-7-13(9-12(14)3)10-15(4,5)6;;;/h7-10,13,20H,11-12,23H2,1-6H3;3,7-9,11H,10H2,1-2,4-6H3;2*1H;/q-1;+1;;;+2/p-1. The van der Waals surface area contributed by atoms with Crippen molar-refractivity contribution < 1.29 is 28.5 Å². The number of nitrogens with zero attached hydrogens (tertiary/aromatic N) is 3. The van der Waals surface area contributed by atoms with E-state index in [9.17, 15) is 0 Å². The summed E-state index contributed by atoms with van der Waals surface area (Å²) in [4.78, 5) is 4.86. The zero-order valence-electron chi connectivity index (χ0n) is 28.5. The third kappa shape index (κ3) is 10.0. The van der Waals surface area contributed by atoms with Gasteiger partial charge in [-0.05, 0) is 63.8 Å². The Morgan fingerprint density at radius 3 is 1.89 bits per heavy atom. The second kappa shape index (κ2) is 15.6. The number of rotatable bonds is 8. The maximum absolute atomic E-state index is 6.00. The first-order valence-corrected chi connectivity index (χ1v) is 20.7. The molecular formula is C36H53Cl2N4ORu+. The Hall–Kier alpha value is -1.95. The Labute approximate surface area is 280 Å². The molecule has 1 aliphatic rings. The van der Waals surface area contributed by atoms with Gasteiger partial charge in [-0.1, -0.05) is 35.4 Å².